The van der Waals surface area contributed by atoms with Crippen molar-refractivity contribution in [3.8, 4) is 0 Å². The molecule has 0 radical (unpaired) electrons. The highest BCUT2D eigenvalue weighted by atomic mass is 16.3. The van der Waals surface area contributed by atoms with Gasteiger partial charge in [0.15, 0.2) is 11.2 Å². The monoisotopic (exact) mass is 718 g/mol. The van der Waals surface area contributed by atoms with Crippen molar-refractivity contribution >= 4 is 84.5 Å². The summed E-state index contributed by atoms with van der Waals surface area (Å²) in [5.74, 6) is 0.333. The number of allylic oxidation sites excluding steroid dienone is 5. The minimum absolute atomic E-state index is 0.121. The van der Waals surface area contributed by atoms with Crippen LogP contribution in [0.4, 0.5) is 28.4 Å². The Morgan fingerprint density at radius 3 is 1.62 bits per heavy atom. The van der Waals surface area contributed by atoms with Crippen LogP contribution in [0.2, 0.25) is 0 Å². The summed E-state index contributed by atoms with van der Waals surface area (Å²) in [5.41, 5.74) is 15.1. The Morgan fingerprint density at radius 1 is 0.411 bits per heavy atom. The summed E-state index contributed by atoms with van der Waals surface area (Å²) in [7, 11) is 0. The third-order valence-electron chi connectivity index (χ3n) is 11.8. The van der Waals surface area contributed by atoms with Gasteiger partial charge in [0.1, 0.15) is 11.2 Å². The fourth-order valence-corrected chi connectivity index (χ4v) is 9.37. The van der Waals surface area contributed by atoms with Crippen LogP contribution in [0.1, 0.15) is 22.6 Å². The van der Waals surface area contributed by atoms with E-state index in [9.17, 15) is 0 Å². The molecular weight excluding hydrogens is 685 g/mol. The molecular formula is C52H34N2O2. The molecule has 2 unspecified atom stereocenters. The molecule has 0 N–H and O–H groups in total. The summed E-state index contributed by atoms with van der Waals surface area (Å²) in [4.78, 5) is 4.77. The van der Waals surface area contributed by atoms with E-state index in [2.05, 4.69) is 192 Å². The van der Waals surface area contributed by atoms with Crippen LogP contribution in [0.3, 0.4) is 0 Å². The molecule has 0 amide bonds. The molecule has 0 fully saturated rings. The van der Waals surface area contributed by atoms with Crippen LogP contribution in [0, 0.1) is 5.92 Å². The molecule has 4 nitrogen and oxygen atoms in total. The highest BCUT2D eigenvalue weighted by molar-refractivity contribution is 6.11. The predicted molar refractivity (Wildman–Crippen MR) is 231 cm³/mol. The number of para-hydroxylation sites is 6. The minimum atomic E-state index is 0.121. The highest BCUT2D eigenvalue weighted by Gasteiger charge is 2.38. The lowest BCUT2D eigenvalue weighted by atomic mass is 9.68. The van der Waals surface area contributed by atoms with E-state index in [0.717, 1.165) is 78.0 Å². The number of fused-ring (bicyclic) bond motifs is 6. The van der Waals surface area contributed by atoms with E-state index in [1.807, 2.05) is 12.1 Å². The second-order valence-electron chi connectivity index (χ2n) is 14.8. The van der Waals surface area contributed by atoms with Gasteiger partial charge in [-0.3, -0.25) is 0 Å². The van der Waals surface area contributed by atoms with E-state index in [-0.39, 0.29) is 11.8 Å². The average molecular weight is 719 g/mol. The van der Waals surface area contributed by atoms with Gasteiger partial charge in [0.05, 0.1) is 17.1 Å². The zero-order valence-corrected chi connectivity index (χ0v) is 30.3. The molecule has 9 aromatic rings. The summed E-state index contributed by atoms with van der Waals surface area (Å²) >= 11 is 0. The maximum Gasteiger partial charge on any atom is 0.159 e. The molecule has 56 heavy (non-hydrogen) atoms. The molecule has 7 aromatic carbocycles. The number of furan rings is 2. The number of nitrogens with zero attached hydrogens (tertiary/aromatic N) is 2. The molecule has 264 valence electrons. The topological polar surface area (TPSA) is 32.8 Å². The third kappa shape index (κ3) is 4.53. The molecule has 0 saturated carbocycles. The fourth-order valence-electron chi connectivity index (χ4n) is 9.37. The van der Waals surface area contributed by atoms with Crippen LogP contribution >= 0.6 is 0 Å². The number of anilines is 5. The van der Waals surface area contributed by atoms with Crippen molar-refractivity contribution in [2.24, 2.45) is 5.92 Å². The van der Waals surface area contributed by atoms with Gasteiger partial charge in [-0.1, -0.05) is 134 Å². The molecule has 12 rings (SSSR count). The van der Waals surface area contributed by atoms with Gasteiger partial charge in [-0.25, -0.2) is 0 Å². The van der Waals surface area contributed by atoms with Gasteiger partial charge in [0.2, 0.25) is 0 Å². The normalized spacial score (nSPS) is 16.6. The van der Waals surface area contributed by atoms with Gasteiger partial charge in [-0.15, -0.1) is 0 Å². The number of hydrogen-bond acceptors (Lipinski definition) is 4. The molecule has 0 saturated heterocycles. The Morgan fingerprint density at radius 2 is 0.964 bits per heavy atom. The Kier molecular flexibility index (Phi) is 6.72. The van der Waals surface area contributed by atoms with Gasteiger partial charge in [-0.05, 0) is 77.4 Å². The standard InChI is InChI=1S/C52H34N2O2/c1-3-13-35(14-4-1)53(45-21-11-19-39-37-17-7-9-23-47(37)55-51(39)45)43-31-27-33-26-30-42-44(32-28-34-25-29-41(43)49(33)50(34)42)54(36-15-5-2-6-16-36)46-22-12-20-40-38-18-8-10-24-48(38)56-52(40)46/h1-33,49H. The number of hydrogen-bond donors (Lipinski definition) is 0. The van der Waals surface area contributed by atoms with Gasteiger partial charge in [0, 0.05) is 56.0 Å². The molecule has 2 heterocycles. The largest absolute Gasteiger partial charge is 0.454 e. The van der Waals surface area contributed by atoms with E-state index >= 15 is 0 Å². The van der Waals surface area contributed by atoms with Crippen LogP contribution < -0.4 is 9.80 Å². The van der Waals surface area contributed by atoms with Crippen molar-refractivity contribution in [2.75, 3.05) is 9.80 Å². The molecule has 3 aliphatic carbocycles. The number of benzene rings is 7. The second-order valence-corrected chi connectivity index (χ2v) is 14.8. The molecule has 2 atom stereocenters. The van der Waals surface area contributed by atoms with E-state index in [0.29, 0.717) is 0 Å². The van der Waals surface area contributed by atoms with E-state index in [1.54, 1.807) is 0 Å². The second kappa shape index (κ2) is 12.1. The van der Waals surface area contributed by atoms with Crippen LogP contribution in [0.15, 0.2) is 202 Å². The van der Waals surface area contributed by atoms with Crippen LogP contribution in [0.25, 0.3) is 56.0 Å². The smallest absolute Gasteiger partial charge is 0.159 e. The quantitative estimate of drug-likeness (QED) is 0.171. The van der Waals surface area contributed by atoms with Crippen LogP contribution in [0.5, 0.6) is 0 Å². The summed E-state index contributed by atoms with van der Waals surface area (Å²) in [6.07, 6.45) is 14.1. The first-order valence-electron chi connectivity index (χ1n) is 19.3. The average Bonchev–Trinajstić information content (AvgIpc) is 3.84. The highest BCUT2D eigenvalue weighted by Crippen LogP contribution is 2.54. The first-order valence-corrected chi connectivity index (χ1v) is 19.3. The molecule has 0 aliphatic heterocycles. The van der Waals surface area contributed by atoms with Crippen molar-refractivity contribution in [3.63, 3.8) is 0 Å². The Hall–Kier alpha value is -7.30. The predicted octanol–water partition coefficient (Wildman–Crippen LogP) is 14.4. The molecule has 4 heteroatoms. The zero-order valence-electron chi connectivity index (χ0n) is 30.3. The first kappa shape index (κ1) is 31.1. The first-order chi connectivity index (χ1) is 27.8. The van der Waals surface area contributed by atoms with Crippen molar-refractivity contribution in [1.29, 1.82) is 0 Å². The fraction of sp³-hybridized carbons (Fsp3) is 0.0385. The maximum atomic E-state index is 6.67. The van der Waals surface area contributed by atoms with Crippen molar-refractivity contribution in [3.05, 3.63) is 210 Å². The molecule has 0 bridgehead atoms. The lowest BCUT2D eigenvalue weighted by Crippen LogP contribution is -2.28. The van der Waals surface area contributed by atoms with Gasteiger partial charge in [-0.2, -0.15) is 0 Å². The lowest BCUT2D eigenvalue weighted by molar-refractivity contribution is 0.653. The van der Waals surface area contributed by atoms with Gasteiger partial charge < -0.3 is 18.6 Å². The molecule has 2 aromatic heterocycles. The van der Waals surface area contributed by atoms with E-state index in [4.69, 9.17) is 8.83 Å². The summed E-state index contributed by atoms with van der Waals surface area (Å²) in [5, 5.41) is 4.46. The molecule has 0 spiro atoms. The molecule has 3 aliphatic rings. The summed E-state index contributed by atoms with van der Waals surface area (Å²) in [6, 6.07) is 55.6. The van der Waals surface area contributed by atoms with Crippen LogP contribution in [-0.2, 0) is 0 Å². The zero-order chi connectivity index (χ0) is 36.7. The maximum absolute atomic E-state index is 6.67. The lowest BCUT2D eigenvalue weighted by Gasteiger charge is -2.41. The van der Waals surface area contributed by atoms with Crippen LogP contribution in [-0.4, -0.2) is 0 Å². The van der Waals surface area contributed by atoms with Gasteiger partial charge in [0.25, 0.3) is 0 Å². The summed E-state index contributed by atoms with van der Waals surface area (Å²) < 4.78 is 13.3. The van der Waals surface area contributed by atoms with Gasteiger partial charge >= 0.3 is 0 Å². The third-order valence-corrected chi connectivity index (χ3v) is 11.8. The minimum Gasteiger partial charge on any atom is -0.454 e. The number of rotatable bonds is 6. The Bertz CT molecular complexity index is 3160. The van der Waals surface area contributed by atoms with E-state index < -0.39 is 0 Å². The SMILES string of the molecule is C1=Cc2ccc(N(c3ccccc3)c3cccc4c3oc3ccccc34)c3c2C2C1=C(N(c1ccccc1)c1cccc4c1oc1ccccc14)C=CC2C=C3. The van der Waals surface area contributed by atoms with E-state index in [1.165, 1.54) is 22.3 Å². The van der Waals surface area contributed by atoms with Crippen molar-refractivity contribution in [1.82, 2.24) is 0 Å². The summed E-state index contributed by atoms with van der Waals surface area (Å²) in [6.45, 7) is 0. The Balaban J connectivity index is 1.08. The Labute approximate surface area is 323 Å². The van der Waals surface area contributed by atoms with Crippen molar-refractivity contribution in [2.45, 2.75) is 5.92 Å². The van der Waals surface area contributed by atoms with Crippen molar-refractivity contribution < 1.29 is 8.83 Å².